The molecule has 6 aromatic rings. The van der Waals surface area contributed by atoms with Gasteiger partial charge in [0.15, 0.2) is 17.2 Å². The van der Waals surface area contributed by atoms with Gasteiger partial charge in [-0.05, 0) is 49.2 Å². The van der Waals surface area contributed by atoms with E-state index in [1.54, 1.807) is 29.1 Å². The molecule has 0 spiro atoms. The van der Waals surface area contributed by atoms with Crippen LogP contribution in [0.15, 0.2) is 82.6 Å². The minimum absolute atomic E-state index is 0.0126. The van der Waals surface area contributed by atoms with Crippen molar-refractivity contribution in [2.75, 3.05) is 31.7 Å². The summed E-state index contributed by atoms with van der Waals surface area (Å²) in [5, 5.41) is 8.04. The monoisotopic (exact) mass is 605 g/mol. The van der Waals surface area contributed by atoms with Gasteiger partial charge in [0.05, 0.1) is 24.4 Å². The molecule has 11 nitrogen and oxygen atoms in total. The maximum Gasteiger partial charge on any atom is 0.272 e. The summed E-state index contributed by atoms with van der Waals surface area (Å²) in [5.74, 6) is 1.57. The molecule has 0 radical (unpaired) electrons. The van der Waals surface area contributed by atoms with Gasteiger partial charge in [0.25, 0.3) is 10.9 Å². The van der Waals surface area contributed by atoms with Crippen molar-refractivity contribution in [1.82, 2.24) is 29.6 Å². The third kappa shape index (κ3) is 4.48. The van der Waals surface area contributed by atoms with Crippen molar-refractivity contribution in [3.05, 3.63) is 105 Å². The van der Waals surface area contributed by atoms with Gasteiger partial charge >= 0.3 is 0 Å². The first-order valence-corrected chi connectivity index (χ1v) is 14.8. The fourth-order valence-corrected chi connectivity index (χ4v) is 6.41. The minimum Gasteiger partial charge on any atom is -0.491 e. The molecular weight excluding hydrogens is 577 g/mol. The van der Waals surface area contributed by atoms with E-state index in [9.17, 15) is 9.59 Å². The molecular formula is C33H28FN7O4. The van der Waals surface area contributed by atoms with Gasteiger partial charge in [-0.1, -0.05) is 18.2 Å². The topological polar surface area (TPSA) is 116 Å². The van der Waals surface area contributed by atoms with Gasteiger partial charge in [-0.15, -0.1) is 0 Å². The SMILES string of the molecule is COc1c(N2CCC(NC3COc4cc(-n5c(-c6ccccc6F)nc6ccc(-n7cccn7)nc65)ccc43)CC2)c(=O)c1=O. The van der Waals surface area contributed by atoms with E-state index < -0.39 is 10.9 Å². The van der Waals surface area contributed by atoms with Gasteiger partial charge in [-0.25, -0.2) is 19.0 Å². The average molecular weight is 606 g/mol. The number of methoxy groups -OCH3 is 1. The number of fused-ring (bicyclic) bond motifs is 2. The number of hydrogen-bond acceptors (Lipinski definition) is 9. The third-order valence-electron chi connectivity index (χ3n) is 8.67. The molecule has 0 saturated carbocycles. The number of pyridine rings is 1. The van der Waals surface area contributed by atoms with Crippen LogP contribution in [0, 0.1) is 5.82 Å². The van der Waals surface area contributed by atoms with E-state index in [2.05, 4.69) is 10.4 Å². The highest BCUT2D eigenvalue weighted by molar-refractivity contribution is 5.81. The number of nitrogens with zero attached hydrogens (tertiary/aromatic N) is 6. The number of rotatable bonds is 7. The number of nitrogens with one attached hydrogen (secondary N) is 1. The van der Waals surface area contributed by atoms with Crippen molar-refractivity contribution in [3.8, 4) is 34.4 Å². The van der Waals surface area contributed by atoms with Crippen LogP contribution in [0.1, 0.15) is 24.4 Å². The van der Waals surface area contributed by atoms with Crippen LogP contribution in [0.2, 0.25) is 0 Å². The maximum absolute atomic E-state index is 15.1. The fourth-order valence-electron chi connectivity index (χ4n) is 6.41. The van der Waals surface area contributed by atoms with Crippen LogP contribution in [-0.4, -0.2) is 57.2 Å². The summed E-state index contributed by atoms with van der Waals surface area (Å²) in [5.41, 5.74) is 2.72. The lowest BCUT2D eigenvalue weighted by atomic mass is 10.00. The Labute approximate surface area is 256 Å². The average Bonchev–Trinajstić information content (AvgIpc) is 3.83. The van der Waals surface area contributed by atoms with Gasteiger partial charge in [-0.2, -0.15) is 5.10 Å². The van der Waals surface area contributed by atoms with E-state index >= 15 is 4.39 Å². The van der Waals surface area contributed by atoms with Gasteiger partial charge in [0.2, 0.25) is 0 Å². The smallest absolute Gasteiger partial charge is 0.272 e. The number of halogens is 1. The van der Waals surface area contributed by atoms with Crippen molar-refractivity contribution in [1.29, 1.82) is 0 Å². The number of ether oxygens (including phenoxy) is 2. The highest BCUT2D eigenvalue weighted by atomic mass is 19.1. The molecule has 2 aliphatic heterocycles. The molecule has 1 saturated heterocycles. The molecule has 1 unspecified atom stereocenters. The number of hydrogen-bond donors (Lipinski definition) is 1. The summed E-state index contributed by atoms with van der Waals surface area (Å²) < 4.78 is 29.9. The summed E-state index contributed by atoms with van der Waals surface area (Å²) >= 11 is 0. The molecule has 12 heteroatoms. The fraction of sp³-hybridized carbons (Fsp3) is 0.242. The molecule has 5 heterocycles. The molecule has 0 amide bonds. The van der Waals surface area contributed by atoms with Gasteiger partial charge in [0.1, 0.15) is 35.2 Å². The lowest BCUT2D eigenvalue weighted by Gasteiger charge is -2.35. The number of anilines is 1. The van der Waals surface area contributed by atoms with Crippen LogP contribution in [0.25, 0.3) is 34.1 Å². The normalized spacial score (nSPS) is 16.8. The zero-order valence-electron chi connectivity index (χ0n) is 24.3. The standard InChI is InChI=1S/C33H28FN7O4/c1-44-31-28(29(42)30(31)43)39-15-11-19(12-16-39)36-25-18-45-26-17-20(7-8-22(25)26)41-32(21-5-2-3-6-23(21)34)37-24-9-10-27(38-33(24)41)40-14-4-13-35-40/h2-10,13-14,17,19,25,36H,11-12,15-16,18H2,1H3. The molecule has 0 bridgehead atoms. The van der Waals surface area contributed by atoms with Crippen molar-refractivity contribution in [2.24, 2.45) is 0 Å². The molecule has 8 rings (SSSR count). The zero-order chi connectivity index (χ0) is 30.7. The minimum atomic E-state index is -0.550. The van der Waals surface area contributed by atoms with Crippen molar-refractivity contribution in [3.63, 3.8) is 0 Å². The van der Waals surface area contributed by atoms with E-state index in [1.807, 2.05) is 52.1 Å². The van der Waals surface area contributed by atoms with Crippen molar-refractivity contribution < 1.29 is 13.9 Å². The first kappa shape index (κ1) is 27.2. The third-order valence-corrected chi connectivity index (χ3v) is 8.67. The second-order valence-corrected chi connectivity index (χ2v) is 11.3. The van der Waals surface area contributed by atoms with Gasteiger partial charge in [0, 0.05) is 43.2 Å². The van der Waals surface area contributed by atoms with Gasteiger partial charge < -0.3 is 19.7 Å². The molecule has 45 heavy (non-hydrogen) atoms. The molecule has 1 atom stereocenters. The molecule has 1 N–H and O–H groups in total. The summed E-state index contributed by atoms with van der Waals surface area (Å²) in [7, 11) is 1.42. The van der Waals surface area contributed by atoms with E-state index in [1.165, 1.54) is 13.2 Å². The Morgan fingerprint density at radius 3 is 2.62 bits per heavy atom. The van der Waals surface area contributed by atoms with Crippen LogP contribution in [-0.2, 0) is 0 Å². The highest BCUT2D eigenvalue weighted by Crippen LogP contribution is 2.38. The second kappa shape index (κ2) is 10.7. The molecule has 3 aromatic heterocycles. The number of aromatic nitrogens is 5. The second-order valence-electron chi connectivity index (χ2n) is 11.3. The Morgan fingerprint density at radius 1 is 1.00 bits per heavy atom. The predicted molar refractivity (Wildman–Crippen MR) is 166 cm³/mol. The van der Waals surface area contributed by atoms with Crippen molar-refractivity contribution in [2.45, 2.75) is 24.9 Å². The first-order valence-electron chi connectivity index (χ1n) is 14.8. The van der Waals surface area contributed by atoms with E-state index in [0.717, 1.165) is 29.8 Å². The predicted octanol–water partition coefficient (Wildman–Crippen LogP) is 3.71. The lowest BCUT2D eigenvalue weighted by molar-refractivity contribution is 0.283. The van der Waals surface area contributed by atoms with Crippen LogP contribution in [0.3, 0.4) is 0 Å². The Balaban J connectivity index is 1.09. The van der Waals surface area contributed by atoms with Gasteiger partial charge in [-0.3, -0.25) is 14.2 Å². The summed E-state index contributed by atoms with van der Waals surface area (Å²) in [4.78, 5) is 35.5. The number of imidazole rings is 1. The zero-order valence-corrected chi connectivity index (χ0v) is 24.3. The first-order chi connectivity index (χ1) is 22.0. The lowest BCUT2D eigenvalue weighted by Crippen LogP contribution is -2.48. The van der Waals surface area contributed by atoms with Crippen LogP contribution in [0.5, 0.6) is 11.5 Å². The van der Waals surface area contributed by atoms with E-state index in [4.69, 9.17) is 19.4 Å². The molecule has 2 aliphatic rings. The van der Waals surface area contributed by atoms with Crippen LogP contribution >= 0.6 is 0 Å². The molecule has 1 fully saturated rings. The van der Waals surface area contributed by atoms with E-state index in [-0.39, 0.29) is 23.7 Å². The number of piperidine rings is 1. The Kier molecular flexibility index (Phi) is 6.45. The maximum atomic E-state index is 15.1. The van der Waals surface area contributed by atoms with Crippen LogP contribution in [0.4, 0.5) is 10.1 Å². The molecule has 226 valence electrons. The number of benzene rings is 2. The van der Waals surface area contributed by atoms with Crippen molar-refractivity contribution >= 4 is 16.9 Å². The highest BCUT2D eigenvalue weighted by Gasteiger charge is 2.33. The van der Waals surface area contributed by atoms with E-state index in [0.29, 0.717) is 53.8 Å². The summed E-state index contributed by atoms with van der Waals surface area (Å²) in [6.45, 7) is 1.77. The summed E-state index contributed by atoms with van der Waals surface area (Å²) in [6, 6.07) is 18.3. The Hall–Kier alpha value is -5.36. The quantitative estimate of drug-likeness (QED) is 0.272. The Bertz CT molecular complexity index is 2130. The summed E-state index contributed by atoms with van der Waals surface area (Å²) in [6.07, 6.45) is 5.12. The Morgan fingerprint density at radius 2 is 1.84 bits per heavy atom. The largest absolute Gasteiger partial charge is 0.491 e. The molecule has 0 aliphatic carbocycles. The van der Waals surface area contributed by atoms with Crippen LogP contribution < -0.4 is 30.5 Å². The molecule has 3 aromatic carbocycles.